The largest absolute Gasteiger partial charge is 0.260 e. The van der Waals surface area contributed by atoms with Crippen LogP contribution in [-0.2, 0) is 10.8 Å². The molecule has 0 aliphatic rings. The van der Waals surface area contributed by atoms with Crippen molar-refractivity contribution in [1.29, 1.82) is 5.26 Å². The van der Waals surface area contributed by atoms with Crippen LogP contribution in [0.3, 0.4) is 0 Å². The Hall–Kier alpha value is -2.42. The zero-order valence-electron chi connectivity index (χ0n) is 16.0. The van der Waals surface area contributed by atoms with Gasteiger partial charge >= 0.3 is 0 Å². The first-order valence-electron chi connectivity index (χ1n) is 9.17. The lowest BCUT2D eigenvalue weighted by molar-refractivity contribution is 0.685. The van der Waals surface area contributed by atoms with E-state index in [1.54, 1.807) is 0 Å². The Kier molecular flexibility index (Phi) is 7.02. The van der Waals surface area contributed by atoms with E-state index in [1.807, 2.05) is 43.3 Å². The molecule has 0 saturated heterocycles. The SMILES string of the molecule is CC[S@](=O)CCSc1nc(-c2ccc(C)cc2)cc(-c2ccccc2)c1C#N. The Morgan fingerprint density at radius 2 is 1.79 bits per heavy atom. The molecule has 5 heteroatoms. The second-order valence-corrected chi connectivity index (χ2v) is 9.31. The van der Waals surface area contributed by atoms with E-state index in [0.29, 0.717) is 27.8 Å². The summed E-state index contributed by atoms with van der Waals surface area (Å²) in [5, 5.41) is 10.6. The summed E-state index contributed by atoms with van der Waals surface area (Å²) in [6.45, 7) is 3.98. The second-order valence-electron chi connectivity index (χ2n) is 6.36. The van der Waals surface area contributed by atoms with Gasteiger partial charge in [0.05, 0.1) is 11.3 Å². The van der Waals surface area contributed by atoms with Crippen molar-refractivity contribution in [3.05, 3.63) is 71.8 Å². The Balaban J connectivity index is 2.08. The van der Waals surface area contributed by atoms with Gasteiger partial charge in [-0.25, -0.2) is 4.98 Å². The molecule has 0 saturated carbocycles. The number of benzene rings is 2. The van der Waals surface area contributed by atoms with Gasteiger partial charge in [0.1, 0.15) is 11.1 Å². The van der Waals surface area contributed by atoms with Crippen LogP contribution in [0.1, 0.15) is 18.1 Å². The molecule has 2 aromatic carbocycles. The topological polar surface area (TPSA) is 53.8 Å². The molecule has 3 nitrogen and oxygen atoms in total. The maximum absolute atomic E-state index is 11.8. The summed E-state index contributed by atoms with van der Waals surface area (Å²) in [4.78, 5) is 4.79. The first-order chi connectivity index (χ1) is 13.6. The number of hydrogen-bond acceptors (Lipinski definition) is 4. The summed E-state index contributed by atoms with van der Waals surface area (Å²) in [7, 11) is -0.826. The van der Waals surface area contributed by atoms with Crippen LogP contribution in [0.4, 0.5) is 0 Å². The standard InChI is InChI=1S/C23H22N2OS2/c1-3-28(26)14-13-27-23-21(16-24)20(18-7-5-4-6-8-18)15-22(25-23)19-11-9-17(2)10-12-19/h4-12,15H,3,13-14H2,1-2H3/t28-/m0/s1. The summed E-state index contributed by atoms with van der Waals surface area (Å²) in [5.74, 6) is 1.93. The van der Waals surface area contributed by atoms with Crippen LogP contribution in [0.2, 0.25) is 0 Å². The highest BCUT2D eigenvalue weighted by atomic mass is 32.2. The van der Waals surface area contributed by atoms with Gasteiger partial charge < -0.3 is 0 Å². The fraction of sp³-hybridized carbons (Fsp3) is 0.217. The monoisotopic (exact) mass is 406 g/mol. The third-order valence-electron chi connectivity index (χ3n) is 4.40. The van der Waals surface area contributed by atoms with E-state index < -0.39 is 10.8 Å². The molecule has 0 radical (unpaired) electrons. The first-order valence-corrected chi connectivity index (χ1v) is 11.6. The fourth-order valence-corrected chi connectivity index (χ4v) is 4.85. The highest BCUT2D eigenvalue weighted by molar-refractivity contribution is 8.00. The van der Waals surface area contributed by atoms with E-state index in [0.717, 1.165) is 22.4 Å². The normalized spacial score (nSPS) is 11.8. The highest BCUT2D eigenvalue weighted by Crippen LogP contribution is 2.34. The van der Waals surface area contributed by atoms with Gasteiger partial charge in [-0.1, -0.05) is 67.1 Å². The molecule has 1 atom stereocenters. The predicted octanol–water partition coefficient (Wildman–Crippen LogP) is 5.46. The minimum atomic E-state index is -0.826. The van der Waals surface area contributed by atoms with Crippen molar-refractivity contribution in [2.75, 3.05) is 17.3 Å². The molecule has 28 heavy (non-hydrogen) atoms. The van der Waals surface area contributed by atoms with Gasteiger partial charge in [-0.2, -0.15) is 5.26 Å². The molecule has 3 aromatic rings. The number of pyridine rings is 1. The van der Waals surface area contributed by atoms with E-state index in [2.05, 4.69) is 37.3 Å². The molecule has 142 valence electrons. The Labute approximate surface area is 173 Å². The third kappa shape index (κ3) is 4.89. The van der Waals surface area contributed by atoms with Crippen molar-refractivity contribution in [1.82, 2.24) is 4.98 Å². The number of thioether (sulfide) groups is 1. The van der Waals surface area contributed by atoms with Crippen molar-refractivity contribution in [2.45, 2.75) is 18.9 Å². The predicted molar refractivity (Wildman–Crippen MR) is 119 cm³/mol. The number of nitrogens with zero attached hydrogens (tertiary/aromatic N) is 2. The minimum Gasteiger partial charge on any atom is -0.260 e. The van der Waals surface area contributed by atoms with Crippen LogP contribution in [0, 0.1) is 18.3 Å². The van der Waals surface area contributed by atoms with Gasteiger partial charge in [-0.3, -0.25) is 4.21 Å². The van der Waals surface area contributed by atoms with Crippen LogP contribution >= 0.6 is 11.8 Å². The number of aryl methyl sites for hydroxylation is 1. The quantitative estimate of drug-likeness (QED) is 0.489. The Morgan fingerprint density at radius 1 is 1.07 bits per heavy atom. The number of aromatic nitrogens is 1. The number of nitriles is 1. The Bertz CT molecular complexity index is 1010. The van der Waals surface area contributed by atoms with Gasteiger partial charge in [0.2, 0.25) is 0 Å². The number of rotatable bonds is 7. The van der Waals surface area contributed by atoms with E-state index in [9.17, 15) is 9.47 Å². The van der Waals surface area contributed by atoms with Crippen LogP contribution < -0.4 is 0 Å². The number of hydrogen-bond donors (Lipinski definition) is 0. The molecular weight excluding hydrogens is 384 g/mol. The van der Waals surface area contributed by atoms with E-state index in [4.69, 9.17) is 4.98 Å². The van der Waals surface area contributed by atoms with Gasteiger partial charge in [0, 0.05) is 39.2 Å². The molecule has 0 unspecified atom stereocenters. The highest BCUT2D eigenvalue weighted by Gasteiger charge is 2.16. The fourth-order valence-electron chi connectivity index (χ4n) is 2.83. The van der Waals surface area contributed by atoms with Crippen LogP contribution in [0.15, 0.2) is 65.7 Å². The Morgan fingerprint density at radius 3 is 2.43 bits per heavy atom. The second kappa shape index (κ2) is 9.68. The molecule has 0 aliphatic heterocycles. The van der Waals surface area contributed by atoms with Crippen molar-refractivity contribution in [3.63, 3.8) is 0 Å². The van der Waals surface area contributed by atoms with Gasteiger partial charge in [-0.05, 0) is 18.6 Å². The lowest BCUT2D eigenvalue weighted by Gasteiger charge is -2.12. The van der Waals surface area contributed by atoms with Crippen LogP contribution in [0.25, 0.3) is 22.4 Å². The molecule has 0 N–H and O–H groups in total. The molecule has 1 heterocycles. The molecule has 0 spiro atoms. The molecule has 0 aliphatic carbocycles. The lowest BCUT2D eigenvalue weighted by atomic mass is 9.99. The average molecular weight is 407 g/mol. The third-order valence-corrected chi connectivity index (χ3v) is 6.94. The molecule has 3 rings (SSSR count). The smallest absolute Gasteiger partial charge is 0.115 e. The minimum absolute atomic E-state index is 0.578. The lowest BCUT2D eigenvalue weighted by Crippen LogP contribution is -2.03. The first kappa shape index (κ1) is 20.3. The van der Waals surface area contributed by atoms with Gasteiger partial charge in [-0.15, -0.1) is 11.8 Å². The zero-order chi connectivity index (χ0) is 19.9. The zero-order valence-corrected chi connectivity index (χ0v) is 17.6. The van der Waals surface area contributed by atoms with E-state index in [1.165, 1.54) is 17.3 Å². The maximum Gasteiger partial charge on any atom is 0.115 e. The van der Waals surface area contributed by atoms with Crippen LogP contribution in [0.5, 0.6) is 0 Å². The summed E-state index contributed by atoms with van der Waals surface area (Å²) in [6, 6.07) is 22.5. The van der Waals surface area contributed by atoms with Gasteiger partial charge in [0.25, 0.3) is 0 Å². The summed E-state index contributed by atoms with van der Waals surface area (Å²) >= 11 is 1.51. The summed E-state index contributed by atoms with van der Waals surface area (Å²) in [6.07, 6.45) is 0. The molecule has 0 bridgehead atoms. The van der Waals surface area contributed by atoms with E-state index >= 15 is 0 Å². The molecule has 0 fully saturated rings. The van der Waals surface area contributed by atoms with Crippen LogP contribution in [-0.4, -0.2) is 26.5 Å². The van der Waals surface area contributed by atoms with Crippen molar-refractivity contribution >= 4 is 22.6 Å². The van der Waals surface area contributed by atoms with Crippen molar-refractivity contribution in [2.24, 2.45) is 0 Å². The summed E-state index contributed by atoms with van der Waals surface area (Å²) < 4.78 is 11.8. The average Bonchev–Trinajstić information content (AvgIpc) is 2.74. The van der Waals surface area contributed by atoms with Crippen molar-refractivity contribution < 1.29 is 4.21 Å². The van der Waals surface area contributed by atoms with Crippen molar-refractivity contribution in [3.8, 4) is 28.5 Å². The van der Waals surface area contributed by atoms with E-state index in [-0.39, 0.29) is 0 Å². The molecule has 1 aromatic heterocycles. The maximum atomic E-state index is 11.8. The van der Waals surface area contributed by atoms with Gasteiger partial charge in [0.15, 0.2) is 0 Å². The molecule has 0 amide bonds. The summed E-state index contributed by atoms with van der Waals surface area (Å²) in [5.41, 5.74) is 5.51. The molecular formula is C23H22N2OS2.